The molecule has 0 aromatic heterocycles. The molecule has 0 aromatic rings. The van der Waals surface area contributed by atoms with Gasteiger partial charge < -0.3 is 19.3 Å². The highest BCUT2D eigenvalue weighted by Gasteiger charge is 2.52. The van der Waals surface area contributed by atoms with E-state index < -0.39 is 45.4 Å². The third-order valence-electron chi connectivity index (χ3n) is 6.90. The number of aliphatic hydroxyl groups is 1. The summed E-state index contributed by atoms with van der Waals surface area (Å²) in [7, 11) is 0. The Morgan fingerprint density at radius 2 is 0.931 bits per heavy atom. The predicted octanol–water partition coefficient (Wildman–Crippen LogP) is 4.43. The normalized spacial score (nSPS) is 14.3. The van der Waals surface area contributed by atoms with E-state index in [1.165, 1.54) is 20.8 Å². The molecule has 0 aliphatic heterocycles. The van der Waals surface area contributed by atoms with Crippen molar-refractivity contribution in [2.75, 3.05) is 0 Å². The molecule has 0 fully saturated rings. The first kappa shape index (κ1) is 27.4. The summed E-state index contributed by atoms with van der Waals surface area (Å²) in [5.74, 6) is -0.713. The number of hydrogen-bond acceptors (Lipinski definition) is 7. The lowest BCUT2D eigenvalue weighted by molar-refractivity contribution is -0.204. The maximum Gasteiger partial charge on any atom is 0.509 e. The van der Waals surface area contributed by atoms with Gasteiger partial charge in [0, 0.05) is 5.41 Å². The monoisotopic (exact) mass is 416 g/mol. The maximum atomic E-state index is 12.9. The lowest BCUT2D eigenvalue weighted by Crippen LogP contribution is -2.56. The number of rotatable bonds is 8. The molecule has 0 aliphatic rings. The van der Waals surface area contributed by atoms with Crippen LogP contribution in [0.25, 0.3) is 0 Å². The zero-order valence-electron chi connectivity index (χ0n) is 20.4. The van der Waals surface area contributed by atoms with Crippen LogP contribution in [0.1, 0.15) is 90.0 Å². The van der Waals surface area contributed by atoms with Crippen LogP contribution in [-0.4, -0.2) is 45.4 Å². The molecule has 0 heterocycles. The Morgan fingerprint density at radius 1 is 0.586 bits per heavy atom. The topological polar surface area (TPSA) is 99.1 Å². The van der Waals surface area contributed by atoms with Crippen LogP contribution in [0.2, 0.25) is 0 Å². The fourth-order valence-corrected chi connectivity index (χ4v) is 1.86. The predicted molar refractivity (Wildman–Crippen MR) is 110 cm³/mol. The molecule has 0 radical (unpaired) electrons. The first-order valence-corrected chi connectivity index (χ1v) is 9.81. The standard InChI is InChI=1S/C22H40O7/c1-14(23)17(2,3)18(4,5)15(24)27-21(10,11)22(12,13)29-16(25)28-20(8,9)19(6,7)26/h26H,1-13H3. The van der Waals surface area contributed by atoms with Crippen molar-refractivity contribution in [1.82, 2.24) is 0 Å². The average Bonchev–Trinajstić information content (AvgIpc) is 2.43. The molecule has 0 bridgehead atoms. The van der Waals surface area contributed by atoms with Crippen LogP contribution in [0.4, 0.5) is 4.79 Å². The molecule has 1 N–H and O–H groups in total. The largest absolute Gasteiger partial charge is 0.509 e. The summed E-state index contributed by atoms with van der Waals surface area (Å²) < 4.78 is 16.5. The Labute approximate surface area is 175 Å². The van der Waals surface area contributed by atoms with Gasteiger partial charge in [-0.3, -0.25) is 9.59 Å². The van der Waals surface area contributed by atoms with Gasteiger partial charge in [0.05, 0.1) is 11.0 Å². The Hall–Kier alpha value is -1.63. The number of carbonyl (C=O) groups excluding carboxylic acids is 3. The molecule has 170 valence electrons. The van der Waals surface area contributed by atoms with Crippen LogP contribution >= 0.6 is 0 Å². The van der Waals surface area contributed by atoms with Gasteiger partial charge in [-0.1, -0.05) is 13.8 Å². The summed E-state index contributed by atoms with van der Waals surface area (Å²) in [6, 6.07) is 0. The van der Waals surface area contributed by atoms with E-state index in [2.05, 4.69) is 0 Å². The SMILES string of the molecule is CC(=O)C(C)(C)C(C)(C)C(=O)OC(C)(C)C(C)(C)OC(=O)OC(C)(C)C(C)(C)O. The molecule has 0 saturated heterocycles. The number of carbonyl (C=O) groups is 3. The number of ether oxygens (including phenoxy) is 3. The average molecular weight is 417 g/mol. The third-order valence-corrected chi connectivity index (χ3v) is 6.90. The van der Waals surface area contributed by atoms with Crippen molar-refractivity contribution in [1.29, 1.82) is 0 Å². The van der Waals surface area contributed by atoms with E-state index in [0.29, 0.717) is 0 Å². The van der Waals surface area contributed by atoms with Gasteiger partial charge in [-0.2, -0.15) is 0 Å². The van der Waals surface area contributed by atoms with E-state index in [9.17, 15) is 19.5 Å². The first-order chi connectivity index (χ1) is 12.4. The minimum absolute atomic E-state index is 0.134. The number of hydrogen-bond donors (Lipinski definition) is 1. The van der Waals surface area contributed by atoms with Gasteiger partial charge in [0.1, 0.15) is 22.6 Å². The van der Waals surface area contributed by atoms with Crippen molar-refractivity contribution in [3.63, 3.8) is 0 Å². The van der Waals surface area contributed by atoms with Crippen molar-refractivity contribution in [3.05, 3.63) is 0 Å². The molecule has 0 rings (SSSR count). The lowest BCUT2D eigenvalue weighted by atomic mass is 9.65. The lowest BCUT2D eigenvalue weighted by Gasteiger charge is -2.44. The second kappa shape index (κ2) is 7.89. The number of ketones is 1. The molecule has 0 aliphatic carbocycles. The fourth-order valence-electron chi connectivity index (χ4n) is 1.86. The van der Waals surface area contributed by atoms with Crippen molar-refractivity contribution >= 4 is 17.9 Å². The highest BCUT2D eigenvalue weighted by molar-refractivity contribution is 5.90. The van der Waals surface area contributed by atoms with Gasteiger partial charge in [-0.15, -0.1) is 0 Å². The molecule has 0 amide bonds. The van der Waals surface area contributed by atoms with E-state index >= 15 is 0 Å². The number of esters is 1. The molecule has 7 nitrogen and oxygen atoms in total. The first-order valence-electron chi connectivity index (χ1n) is 9.81. The van der Waals surface area contributed by atoms with Crippen LogP contribution in [0.5, 0.6) is 0 Å². The fraction of sp³-hybridized carbons (Fsp3) is 0.864. The molecule has 0 unspecified atom stereocenters. The minimum atomic E-state index is -1.29. The van der Waals surface area contributed by atoms with Gasteiger partial charge >= 0.3 is 12.1 Å². The van der Waals surface area contributed by atoms with Gasteiger partial charge in [-0.25, -0.2) is 4.79 Å². The summed E-state index contributed by atoms with van der Waals surface area (Å²) in [4.78, 5) is 37.3. The van der Waals surface area contributed by atoms with Crippen molar-refractivity contribution in [3.8, 4) is 0 Å². The summed E-state index contributed by atoms with van der Waals surface area (Å²) in [6.07, 6.45) is -0.991. The highest BCUT2D eigenvalue weighted by atomic mass is 16.8. The van der Waals surface area contributed by atoms with Gasteiger partial charge in [0.2, 0.25) is 0 Å². The molecule has 0 atom stereocenters. The van der Waals surface area contributed by atoms with Gasteiger partial charge in [0.15, 0.2) is 0 Å². The van der Waals surface area contributed by atoms with Crippen LogP contribution in [0.3, 0.4) is 0 Å². The van der Waals surface area contributed by atoms with Crippen molar-refractivity contribution < 1.29 is 33.7 Å². The molecular formula is C22H40O7. The van der Waals surface area contributed by atoms with E-state index in [-0.39, 0.29) is 5.78 Å². The zero-order chi connectivity index (χ0) is 23.9. The molecule has 0 aromatic carbocycles. The maximum absolute atomic E-state index is 12.9. The van der Waals surface area contributed by atoms with E-state index in [1.807, 2.05) is 0 Å². The van der Waals surface area contributed by atoms with Crippen molar-refractivity contribution in [2.24, 2.45) is 10.8 Å². The minimum Gasteiger partial charge on any atom is -0.455 e. The molecule has 0 saturated carbocycles. The quantitative estimate of drug-likeness (QED) is 0.584. The smallest absolute Gasteiger partial charge is 0.455 e. The van der Waals surface area contributed by atoms with Crippen molar-refractivity contribution in [2.45, 2.75) is 112 Å². The summed E-state index contributed by atoms with van der Waals surface area (Å²) in [6.45, 7) is 20.8. The van der Waals surface area contributed by atoms with E-state index in [0.717, 1.165) is 0 Å². The van der Waals surface area contributed by atoms with Crippen LogP contribution < -0.4 is 0 Å². The Kier molecular flexibility index (Phi) is 7.45. The molecule has 0 spiro atoms. The van der Waals surface area contributed by atoms with Gasteiger partial charge in [-0.05, 0) is 76.2 Å². The Morgan fingerprint density at radius 3 is 1.28 bits per heavy atom. The second-order valence-corrected chi connectivity index (χ2v) is 10.7. The summed E-state index contributed by atoms with van der Waals surface area (Å²) >= 11 is 0. The van der Waals surface area contributed by atoms with E-state index in [1.54, 1.807) is 69.2 Å². The highest BCUT2D eigenvalue weighted by Crippen LogP contribution is 2.42. The molecule has 7 heteroatoms. The van der Waals surface area contributed by atoms with Crippen LogP contribution in [0, 0.1) is 10.8 Å². The third kappa shape index (κ3) is 5.71. The molecule has 29 heavy (non-hydrogen) atoms. The summed E-state index contributed by atoms with van der Waals surface area (Å²) in [5, 5.41) is 10.2. The van der Waals surface area contributed by atoms with Crippen LogP contribution in [0.15, 0.2) is 0 Å². The van der Waals surface area contributed by atoms with Crippen LogP contribution in [-0.2, 0) is 23.8 Å². The second-order valence-electron chi connectivity index (χ2n) is 10.7. The molecular weight excluding hydrogens is 376 g/mol. The van der Waals surface area contributed by atoms with Gasteiger partial charge in [0.25, 0.3) is 0 Å². The zero-order valence-corrected chi connectivity index (χ0v) is 20.4. The Bertz CT molecular complexity index is 647. The Balaban J connectivity index is 5.50. The summed E-state index contributed by atoms with van der Waals surface area (Å²) in [5.41, 5.74) is -7.02. The van der Waals surface area contributed by atoms with E-state index in [4.69, 9.17) is 14.2 Å². The number of Topliss-reactive ketones (excluding diaryl/α,β-unsaturated/α-hetero) is 1.